The van der Waals surface area contributed by atoms with Gasteiger partial charge in [-0.2, -0.15) is 0 Å². The maximum atomic E-state index is 12.6. The van der Waals surface area contributed by atoms with Crippen LogP contribution in [0.5, 0.6) is 0 Å². The van der Waals surface area contributed by atoms with Crippen LogP contribution in [0.25, 0.3) is 0 Å². The van der Waals surface area contributed by atoms with E-state index in [2.05, 4.69) is 23.1 Å². The van der Waals surface area contributed by atoms with Crippen LogP contribution in [0, 0.1) is 0 Å². The van der Waals surface area contributed by atoms with E-state index in [0.717, 1.165) is 52.1 Å². The van der Waals surface area contributed by atoms with Crippen molar-refractivity contribution in [3.8, 4) is 0 Å². The van der Waals surface area contributed by atoms with Crippen LogP contribution in [0.4, 0.5) is 0 Å². The largest absolute Gasteiger partial charge is 0.342 e. The standard InChI is InChI=1S/C23H33N3O2S/c27-22(25-10-3-1-2-4-11-25)17-24-12-14-26(15-13-24)23(28)18-29-21-9-8-19-6-5-7-20(19)16-21/h8-9,16H,1-7,10-15,17-18H2. The lowest BCUT2D eigenvalue weighted by Gasteiger charge is -2.35. The Hall–Kier alpha value is -1.53. The number of likely N-dealkylation sites (tertiary alicyclic amines) is 1. The van der Waals surface area contributed by atoms with Gasteiger partial charge in [-0.15, -0.1) is 11.8 Å². The van der Waals surface area contributed by atoms with Gasteiger partial charge in [0.05, 0.1) is 12.3 Å². The number of aryl methyl sites for hydroxylation is 2. The number of hydrogen-bond acceptors (Lipinski definition) is 4. The minimum atomic E-state index is 0.217. The zero-order valence-electron chi connectivity index (χ0n) is 17.4. The Morgan fingerprint density at radius 1 is 0.759 bits per heavy atom. The molecule has 4 rings (SSSR count). The van der Waals surface area contributed by atoms with Crippen molar-refractivity contribution in [2.45, 2.75) is 49.8 Å². The van der Waals surface area contributed by atoms with Crippen LogP contribution in [0.2, 0.25) is 0 Å². The lowest BCUT2D eigenvalue weighted by molar-refractivity contribution is -0.134. The number of thioether (sulfide) groups is 1. The van der Waals surface area contributed by atoms with Crippen LogP contribution in [-0.4, -0.2) is 78.1 Å². The van der Waals surface area contributed by atoms with E-state index < -0.39 is 0 Å². The summed E-state index contributed by atoms with van der Waals surface area (Å²) < 4.78 is 0. The summed E-state index contributed by atoms with van der Waals surface area (Å²) in [6.07, 6.45) is 8.39. The summed E-state index contributed by atoms with van der Waals surface area (Å²) in [4.78, 5) is 32.6. The number of rotatable bonds is 5. The minimum absolute atomic E-state index is 0.217. The van der Waals surface area contributed by atoms with Gasteiger partial charge in [-0.1, -0.05) is 18.9 Å². The summed E-state index contributed by atoms with van der Waals surface area (Å²) in [6, 6.07) is 6.66. The molecule has 1 aromatic rings. The maximum absolute atomic E-state index is 12.6. The zero-order valence-corrected chi connectivity index (χ0v) is 18.2. The average molecular weight is 416 g/mol. The van der Waals surface area contributed by atoms with Gasteiger partial charge in [0.25, 0.3) is 0 Å². The third kappa shape index (κ3) is 5.54. The van der Waals surface area contributed by atoms with Crippen molar-refractivity contribution in [1.29, 1.82) is 0 Å². The summed E-state index contributed by atoms with van der Waals surface area (Å²) in [7, 11) is 0. The molecule has 29 heavy (non-hydrogen) atoms. The molecule has 0 radical (unpaired) electrons. The molecule has 0 spiro atoms. The number of fused-ring (bicyclic) bond motifs is 1. The molecule has 0 atom stereocenters. The second-order valence-electron chi connectivity index (χ2n) is 8.52. The molecule has 0 unspecified atom stereocenters. The van der Waals surface area contributed by atoms with Crippen molar-refractivity contribution in [3.05, 3.63) is 29.3 Å². The fraction of sp³-hybridized carbons (Fsp3) is 0.652. The van der Waals surface area contributed by atoms with E-state index in [4.69, 9.17) is 0 Å². The zero-order chi connectivity index (χ0) is 20.1. The first-order chi connectivity index (χ1) is 14.2. The van der Waals surface area contributed by atoms with Gasteiger partial charge in [-0.25, -0.2) is 0 Å². The Labute approximate surface area is 178 Å². The molecule has 0 saturated carbocycles. The van der Waals surface area contributed by atoms with E-state index in [9.17, 15) is 9.59 Å². The Bertz CT molecular complexity index is 723. The van der Waals surface area contributed by atoms with E-state index in [-0.39, 0.29) is 11.8 Å². The van der Waals surface area contributed by atoms with Crippen LogP contribution in [0.15, 0.2) is 23.1 Å². The second kappa shape index (κ2) is 9.98. The summed E-state index contributed by atoms with van der Waals surface area (Å²) >= 11 is 1.65. The maximum Gasteiger partial charge on any atom is 0.236 e. The Kier molecular flexibility index (Phi) is 7.14. The predicted octanol–water partition coefficient (Wildman–Crippen LogP) is 2.81. The van der Waals surface area contributed by atoms with Crippen molar-refractivity contribution in [3.63, 3.8) is 0 Å². The van der Waals surface area contributed by atoms with Gasteiger partial charge in [-0.05, 0) is 55.4 Å². The lowest BCUT2D eigenvalue weighted by atomic mass is 10.1. The molecule has 0 N–H and O–H groups in total. The van der Waals surface area contributed by atoms with E-state index in [1.54, 1.807) is 11.8 Å². The molecule has 2 aliphatic heterocycles. The summed E-state index contributed by atoms with van der Waals surface area (Å²) in [5.41, 5.74) is 2.94. The highest BCUT2D eigenvalue weighted by atomic mass is 32.2. The Morgan fingerprint density at radius 3 is 2.21 bits per heavy atom. The monoisotopic (exact) mass is 415 g/mol. The van der Waals surface area contributed by atoms with Gasteiger partial charge in [0, 0.05) is 44.2 Å². The molecule has 1 aliphatic carbocycles. The molecule has 2 saturated heterocycles. The third-order valence-electron chi connectivity index (χ3n) is 6.47. The number of piperazine rings is 1. The highest BCUT2D eigenvalue weighted by Gasteiger charge is 2.24. The van der Waals surface area contributed by atoms with Crippen molar-refractivity contribution in [2.24, 2.45) is 0 Å². The van der Waals surface area contributed by atoms with E-state index in [0.29, 0.717) is 12.3 Å². The number of carbonyl (C=O) groups is 2. The second-order valence-corrected chi connectivity index (χ2v) is 9.57. The smallest absolute Gasteiger partial charge is 0.236 e. The van der Waals surface area contributed by atoms with Gasteiger partial charge >= 0.3 is 0 Å². The molecule has 6 heteroatoms. The topological polar surface area (TPSA) is 43.9 Å². The van der Waals surface area contributed by atoms with E-state index >= 15 is 0 Å². The molecule has 3 aliphatic rings. The quantitative estimate of drug-likeness (QED) is 0.694. The van der Waals surface area contributed by atoms with Crippen LogP contribution in [-0.2, 0) is 22.4 Å². The number of carbonyl (C=O) groups excluding carboxylic acids is 2. The van der Waals surface area contributed by atoms with Crippen molar-refractivity contribution in [1.82, 2.24) is 14.7 Å². The molecule has 0 bridgehead atoms. The number of benzene rings is 1. The predicted molar refractivity (Wildman–Crippen MR) is 117 cm³/mol. The molecule has 1 aromatic carbocycles. The van der Waals surface area contributed by atoms with Gasteiger partial charge < -0.3 is 9.80 Å². The van der Waals surface area contributed by atoms with Crippen molar-refractivity contribution < 1.29 is 9.59 Å². The molecular formula is C23H33N3O2S. The van der Waals surface area contributed by atoms with Crippen LogP contribution in [0.3, 0.4) is 0 Å². The first-order valence-electron chi connectivity index (χ1n) is 11.2. The third-order valence-corrected chi connectivity index (χ3v) is 7.45. The molecule has 2 fully saturated rings. The van der Waals surface area contributed by atoms with Gasteiger partial charge in [-0.3, -0.25) is 14.5 Å². The van der Waals surface area contributed by atoms with Crippen molar-refractivity contribution in [2.75, 3.05) is 51.6 Å². The Morgan fingerprint density at radius 2 is 1.45 bits per heavy atom. The van der Waals surface area contributed by atoms with Gasteiger partial charge in [0.15, 0.2) is 0 Å². The number of hydrogen-bond donors (Lipinski definition) is 0. The van der Waals surface area contributed by atoms with Crippen molar-refractivity contribution >= 4 is 23.6 Å². The molecule has 0 aromatic heterocycles. The number of nitrogens with zero attached hydrogens (tertiary/aromatic N) is 3. The van der Waals surface area contributed by atoms with Crippen LogP contribution < -0.4 is 0 Å². The van der Waals surface area contributed by atoms with Crippen LogP contribution in [0.1, 0.15) is 43.2 Å². The van der Waals surface area contributed by atoms with E-state index in [1.165, 1.54) is 48.1 Å². The SMILES string of the molecule is O=C(CSc1ccc2c(c1)CCC2)N1CCN(CC(=O)N2CCCCCC2)CC1. The fourth-order valence-electron chi connectivity index (χ4n) is 4.64. The summed E-state index contributed by atoms with van der Waals surface area (Å²) in [6.45, 7) is 5.40. The number of amides is 2. The highest BCUT2D eigenvalue weighted by molar-refractivity contribution is 8.00. The molecule has 5 nitrogen and oxygen atoms in total. The Balaban J connectivity index is 1.19. The van der Waals surface area contributed by atoms with E-state index in [1.807, 2.05) is 9.80 Å². The molecule has 2 heterocycles. The molecular weight excluding hydrogens is 382 g/mol. The van der Waals surface area contributed by atoms with Gasteiger partial charge in [0.1, 0.15) is 0 Å². The first-order valence-corrected chi connectivity index (χ1v) is 12.2. The summed E-state index contributed by atoms with van der Waals surface area (Å²) in [5.74, 6) is 0.985. The van der Waals surface area contributed by atoms with Crippen LogP contribution >= 0.6 is 11.8 Å². The summed E-state index contributed by atoms with van der Waals surface area (Å²) in [5, 5.41) is 0. The molecule has 158 valence electrons. The first kappa shape index (κ1) is 20.7. The minimum Gasteiger partial charge on any atom is -0.342 e. The normalized spacial score (nSPS) is 20.4. The fourth-order valence-corrected chi connectivity index (χ4v) is 5.50. The lowest BCUT2D eigenvalue weighted by Crippen LogP contribution is -2.52. The average Bonchev–Trinajstić information content (AvgIpc) is 3.03. The highest BCUT2D eigenvalue weighted by Crippen LogP contribution is 2.27. The van der Waals surface area contributed by atoms with Gasteiger partial charge in [0.2, 0.25) is 11.8 Å². The molecule has 2 amide bonds.